The van der Waals surface area contributed by atoms with Crippen LogP contribution in [0.25, 0.3) is 11.1 Å². The first kappa shape index (κ1) is 16.6. The Morgan fingerprint density at radius 3 is 2.27 bits per heavy atom. The summed E-state index contributed by atoms with van der Waals surface area (Å²) in [6.07, 6.45) is -0.181. The van der Waals surface area contributed by atoms with Gasteiger partial charge >= 0.3 is 5.97 Å². The van der Waals surface area contributed by atoms with Gasteiger partial charge in [-0.25, -0.2) is 4.21 Å². The maximum Gasteiger partial charge on any atom is 0.303 e. The Labute approximate surface area is 134 Å². The fourth-order valence-electron chi connectivity index (χ4n) is 2.38. The molecule has 0 saturated carbocycles. The fourth-order valence-corrected chi connectivity index (χ4v) is 3.92. The molecule has 0 fully saturated rings. The Morgan fingerprint density at radius 2 is 1.68 bits per heavy atom. The van der Waals surface area contributed by atoms with Gasteiger partial charge in [-0.1, -0.05) is 54.6 Å². The molecule has 0 aromatic heterocycles. The van der Waals surface area contributed by atoms with E-state index in [0.29, 0.717) is 5.56 Å². The van der Waals surface area contributed by atoms with Crippen LogP contribution in [0.15, 0.2) is 54.6 Å². The molecule has 2 atom stereocenters. The van der Waals surface area contributed by atoms with Gasteiger partial charge in [0.2, 0.25) is 0 Å². The zero-order valence-corrected chi connectivity index (χ0v) is 13.3. The van der Waals surface area contributed by atoms with E-state index < -0.39 is 20.0 Å². The molecule has 0 aliphatic carbocycles. The molecule has 0 amide bonds. The van der Waals surface area contributed by atoms with Gasteiger partial charge in [0.05, 0.1) is 5.25 Å². The molecular formula is C16H16O4S2. The van der Waals surface area contributed by atoms with Crippen molar-refractivity contribution in [1.29, 1.82) is 0 Å². The average molecular weight is 336 g/mol. The summed E-state index contributed by atoms with van der Waals surface area (Å²) in [4.78, 5) is 10.8. The Bertz CT molecular complexity index is 755. The molecule has 0 bridgehead atoms. The maximum atomic E-state index is 12.1. The number of carboxylic acid groups (broad SMARTS) is 1. The fraction of sp³-hybridized carbons (Fsp3) is 0.188. The predicted molar refractivity (Wildman–Crippen MR) is 89.6 cm³/mol. The van der Waals surface area contributed by atoms with Crippen molar-refractivity contribution in [2.75, 3.05) is 0 Å². The van der Waals surface area contributed by atoms with Crippen LogP contribution < -0.4 is 0 Å². The van der Waals surface area contributed by atoms with Crippen molar-refractivity contribution in [2.24, 2.45) is 0 Å². The van der Waals surface area contributed by atoms with E-state index >= 15 is 0 Å². The first-order valence-electron chi connectivity index (χ1n) is 6.72. The number of carboxylic acids is 1. The van der Waals surface area contributed by atoms with Gasteiger partial charge in [0.15, 0.2) is 0 Å². The van der Waals surface area contributed by atoms with E-state index in [0.717, 1.165) is 11.1 Å². The number of rotatable bonds is 6. The topological polar surface area (TPSA) is 74.6 Å². The van der Waals surface area contributed by atoms with E-state index in [9.17, 15) is 13.6 Å². The average Bonchev–Trinajstić information content (AvgIpc) is 2.47. The van der Waals surface area contributed by atoms with Gasteiger partial charge in [0, 0.05) is 17.6 Å². The highest BCUT2D eigenvalue weighted by molar-refractivity contribution is 8.29. The van der Waals surface area contributed by atoms with Crippen molar-refractivity contribution in [2.45, 2.75) is 18.1 Å². The van der Waals surface area contributed by atoms with Gasteiger partial charge in [-0.3, -0.25) is 4.79 Å². The molecule has 0 heterocycles. The second-order valence-corrected chi connectivity index (χ2v) is 7.92. The predicted octanol–water partition coefficient (Wildman–Crippen LogP) is 3.48. The monoisotopic (exact) mass is 336 g/mol. The molecule has 2 unspecified atom stereocenters. The van der Waals surface area contributed by atoms with E-state index in [1.165, 1.54) is 0 Å². The van der Waals surface area contributed by atoms with E-state index in [4.69, 9.17) is 16.3 Å². The third kappa shape index (κ3) is 4.13. The van der Waals surface area contributed by atoms with Crippen molar-refractivity contribution in [3.63, 3.8) is 0 Å². The summed E-state index contributed by atoms with van der Waals surface area (Å²) < 4.78 is 21.9. The van der Waals surface area contributed by atoms with Crippen LogP contribution in [0, 0.1) is 0 Å². The summed E-state index contributed by atoms with van der Waals surface area (Å²) >= 11 is 4.74. The zero-order valence-electron chi connectivity index (χ0n) is 11.7. The summed E-state index contributed by atoms with van der Waals surface area (Å²) in [5.74, 6) is -1.01. The van der Waals surface area contributed by atoms with Crippen molar-refractivity contribution < 1.29 is 18.7 Å². The van der Waals surface area contributed by atoms with Crippen LogP contribution in [-0.2, 0) is 24.8 Å². The second-order valence-electron chi connectivity index (χ2n) is 4.89. The first-order valence-corrected chi connectivity index (χ1v) is 9.22. The highest BCUT2D eigenvalue weighted by atomic mass is 32.8. The summed E-state index contributed by atoms with van der Waals surface area (Å²) in [7, 11) is -3.57. The standard InChI is InChI=1S/C16H16O4S2/c17-16(18)11-10-15(22(19,20)21)14-9-5-4-8-13(14)12-6-2-1-3-7-12/h1-9,15H,10-11H2,(H,17,18)(H,19,20,21). The van der Waals surface area contributed by atoms with Crippen LogP contribution in [0.1, 0.15) is 23.7 Å². The van der Waals surface area contributed by atoms with Gasteiger partial charge in [0.1, 0.15) is 8.77 Å². The van der Waals surface area contributed by atoms with Gasteiger partial charge in [-0.05, 0) is 23.1 Å². The number of hydrogen-bond acceptors (Lipinski definition) is 3. The third-order valence-electron chi connectivity index (χ3n) is 3.37. The zero-order chi connectivity index (χ0) is 16.2. The van der Waals surface area contributed by atoms with Crippen molar-refractivity contribution >= 4 is 25.9 Å². The Kier molecular flexibility index (Phi) is 5.28. The molecule has 0 aliphatic heterocycles. The van der Waals surface area contributed by atoms with Crippen LogP contribution >= 0.6 is 0 Å². The molecule has 4 nitrogen and oxygen atoms in total. The van der Waals surface area contributed by atoms with Gasteiger partial charge in [-0.2, -0.15) is 0 Å². The quantitative estimate of drug-likeness (QED) is 0.845. The lowest BCUT2D eigenvalue weighted by atomic mass is 9.96. The second kappa shape index (κ2) is 7.00. The minimum Gasteiger partial charge on any atom is -0.481 e. The largest absolute Gasteiger partial charge is 0.481 e. The van der Waals surface area contributed by atoms with Crippen LogP contribution in [0.3, 0.4) is 0 Å². The summed E-state index contributed by atoms with van der Waals surface area (Å²) in [6.45, 7) is 0. The Morgan fingerprint density at radius 1 is 1.09 bits per heavy atom. The lowest BCUT2D eigenvalue weighted by Gasteiger charge is -2.19. The van der Waals surface area contributed by atoms with Gasteiger partial charge in [0.25, 0.3) is 0 Å². The molecule has 2 N–H and O–H groups in total. The number of aliphatic carboxylic acids is 1. The lowest BCUT2D eigenvalue weighted by Crippen LogP contribution is -2.14. The van der Waals surface area contributed by atoms with E-state index in [1.54, 1.807) is 12.1 Å². The van der Waals surface area contributed by atoms with Crippen LogP contribution in [0.4, 0.5) is 0 Å². The molecule has 116 valence electrons. The molecule has 6 heteroatoms. The minimum atomic E-state index is -3.57. The van der Waals surface area contributed by atoms with E-state index in [1.807, 2.05) is 42.5 Å². The Balaban J connectivity index is 2.51. The first-order chi connectivity index (χ1) is 10.4. The molecule has 0 spiro atoms. The maximum absolute atomic E-state index is 12.1. The molecule has 2 rings (SSSR count). The van der Waals surface area contributed by atoms with Crippen LogP contribution in [-0.4, -0.2) is 19.8 Å². The van der Waals surface area contributed by atoms with Crippen LogP contribution in [0.2, 0.25) is 0 Å². The summed E-state index contributed by atoms with van der Waals surface area (Å²) in [6, 6.07) is 16.6. The van der Waals surface area contributed by atoms with Crippen molar-refractivity contribution in [3.8, 4) is 11.1 Å². The van der Waals surface area contributed by atoms with Crippen molar-refractivity contribution in [1.82, 2.24) is 0 Å². The van der Waals surface area contributed by atoms with Gasteiger partial charge in [-0.15, -0.1) is 0 Å². The smallest absolute Gasteiger partial charge is 0.303 e. The number of carbonyl (C=O) groups is 1. The molecule has 2 aromatic carbocycles. The molecule has 2 aromatic rings. The SMILES string of the molecule is O=C(O)CCC(c1ccccc1-c1ccccc1)S(=O)(O)=S. The van der Waals surface area contributed by atoms with Crippen LogP contribution in [0.5, 0.6) is 0 Å². The molecule has 0 aliphatic rings. The highest BCUT2D eigenvalue weighted by Crippen LogP contribution is 2.34. The molecule has 0 saturated heterocycles. The Hall–Kier alpha value is -1.76. The summed E-state index contributed by atoms with van der Waals surface area (Å²) in [5.41, 5.74) is 2.31. The number of benzene rings is 2. The normalized spacial score (nSPS) is 15.0. The highest BCUT2D eigenvalue weighted by Gasteiger charge is 2.25. The molecule has 0 radical (unpaired) electrons. The van der Waals surface area contributed by atoms with E-state index in [2.05, 4.69) is 0 Å². The van der Waals surface area contributed by atoms with Gasteiger partial charge < -0.3 is 9.66 Å². The molecular weight excluding hydrogens is 320 g/mol. The van der Waals surface area contributed by atoms with E-state index in [-0.39, 0.29) is 12.8 Å². The third-order valence-corrected chi connectivity index (χ3v) is 5.28. The minimum absolute atomic E-state index is 0.0258. The summed E-state index contributed by atoms with van der Waals surface area (Å²) in [5, 5.41) is 7.96. The lowest BCUT2D eigenvalue weighted by molar-refractivity contribution is -0.137. The number of hydrogen-bond donors (Lipinski definition) is 2. The van der Waals surface area contributed by atoms with Crippen molar-refractivity contribution in [3.05, 3.63) is 60.2 Å². The molecule has 22 heavy (non-hydrogen) atoms.